The average molecular weight is 323 g/mol. The minimum absolute atomic E-state index is 0.0343. The highest BCUT2D eigenvalue weighted by atomic mass is 35.5. The summed E-state index contributed by atoms with van der Waals surface area (Å²) in [6.45, 7) is 0. The Morgan fingerprint density at radius 2 is 2.19 bits per heavy atom. The molecule has 6 nitrogen and oxygen atoms in total. The van der Waals surface area contributed by atoms with Gasteiger partial charge in [0, 0.05) is 6.20 Å². The zero-order valence-electron chi connectivity index (χ0n) is 10.7. The van der Waals surface area contributed by atoms with Gasteiger partial charge in [0.25, 0.3) is 5.91 Å². The lowest BCUT2D eigenvalue weighted by molar-refractivity contribution is 0.102. The lowest BCUT2D eigenvalue weighted by Crippen LogP contribution is -2.15. The average Bonchev–Trinajstić information content (AvgIpc) is 2.49. The minimum Gasteiger partial charge on any atom is -0.480 e. The number of anilines is 1. The highest BCUT2D eigenvalue weighted by Crippen LogP contribution is 2.25. The van der Waals surface area contributed by atoms with Gasteiger partial charge in [-0.2, -0.15) is 10.2 Å². The molecule has 0 aliphatic rings. The van der Waals surface area contributed by atoms with Crippen molar-refractivity contribution in [2.45, 2.75) is 0 Å². The monoisotopic (exact) mass is 322 g/mol. The minimum atomic E-state index is -0.527. The molecule has 1 heterocycles. The molecule has 0 spiro atoms. The second-order valence-electron chi connectivity index (χ2n) is 3.82. The molecule has 1 amide bonds. The molecule has 0 saturated heterocycles. The Morgan fingerprint density at radius 3 is 2.86 bits per heavy atom. The third-order valence-electron chi connectivity index (χ3n) is 2.51. The molecular weight excluding hydrogens is 315 g/mol. The van der Waals surface area contributed by atoms with E-state index in [1.54, 1.807) is 6.07 Å². The van der Waals surface area contributed by atoms with Gasteiger partial charge in [-0.25, -0.2) is 4.98 Å². The molecule has 8 heteroatoms. The Bertz CT molecular complexity index is 743. The van der Waals surface area contributed by atoms with Crippen molar-refractivity contribution >= 4 is 34.8 Å². The second kappa shape index (κ2) is 6.39. The van der Waals surface area contributed by atoms with E-state index in [2.05, 4.69) is 15.3 Å². The van der Waals surface area contributed by atoms with E-state index in [4.69, 9.17) is 33.2 Å². The topological polar surface area (TPSA) is 87.9 Å². The Morgan fingerprint density at radius 1 is 1.43 bits per heavy atom. The van der Waals surface area contributed by atoms with Gasteiger partial charge < -0.3 is 10.1 Å². The van der Waals surface area contributed by atoms with Crippen LogP contribution in [0.15, 0.2) is 24.4 Å². The van der Waals surface area contributed by atoms with E-state index in [0.29, 0.717) is 16.3 Å². The van der Waals surface area contributed by atoms with E-state index < -0.39 is 5.91 Å². The van der Waals surface area contributed by atoms with Crippen molar-refractivity contribution in [3.8, 4) is 11.9 Å². The van der Waals surface area contributed by atoms with Gasteiger partial charge in [-0.1, -0.05) is 11.6 Å². The molecule has 1 aromatic heterocycles. The molecule has 0 aliphatic carbocycles. The number of hydrogen-bond acceptors (Lipinski definition) is 5. The van der Waals surface area contributed by atoms with Gasteiger partial charge in [-0.05, 0) is 29.8 Å². The van der Waals surface area contributed by atoms with Crippen LogP contribution in [0.2, 0.25) is 10.3 Å². The molecule has 0 radical (unpaired) electrons. The molecule has 1 N–H and O–H groups in total. The van der Waals surface area contributed by atoms with Crippen molar-refractivity contribution in [3.05, 3.63) is 45.8 Å². The fourth-order valence-corrected chi connectivity index (χ4v) is 1.83. The summed E-state index contributed by atoms with van der Waals surface area (Å²) in [4.78, 5) is 19.7. The molecule has 106 valence electrons. The standard InChI is InChI=1S/C13H8Cl2N4O2/c1-21-12-8(6-17-13(15)19-12)11(20)18-10-4-7(5-16)2-3-9(10)14/h2-4,6H,1H3,(H,18,20). The number of nitrogens with zero attached hydrogens (tertiary/aromatic N) is 3. The molecule has 0 saturated carbocycles. The van der Waals surface area contributed by atoms with Crippen molar-refractivity contribution in [1.82, 2.24) is 9.97 Å². The Balaban J connectivity index is 2.32. The summed E-state index contributed by atoms with van der Waals surface area (Å²) in [5, 5.41) is 11.7. The zero-order valence-corrected chi connectivity index (χ0v) is 12.2. The van der Waals surface area contributed by atoms with Crippen LogP contribution >= 0.6 is 23.2 Å². The second-order valence-corrected chi connectivity index (χ2v) is 4.57. The number of benzene rings is 1. The van der Waals surface area contributed by atoms with E-state index in [0.717, 1.165) is 0 Å². The highest BCUT2D eigenvalue weighted by molar-refractivity contribution is 6.34. The number of carbonyl (C=O) groups excluding carboxylic acids is 1. The van der Waals surface area contributed by atoms with E-state index in [-0.39, 0.29) is 16.7 Å². The summed E-state index contributed by atoms with van der Waals surface area (Å²) in [6, 6.07) is 6.49. The molecular formula is C13H8Cl2N4O2. The number of nitriles is 1. The number of halogens is 2. The summed E-state index contributed by atoms with van der Waals surface area (Å²) in [6.07, 6.45) is 1.24. The molecule has 0 fully saturated rings. The number of hydrogen-bond donors (Lipinski definition) is 1. The maximum atomic E-state index is 12.2. The van der Waals surface area contributed by atoms with Gasteiger partial charge >= 0.3 is 0 Å². The van der Waals surface area contributed by atoms with Gasteiger partial charge in [0.2, 0.25) is 11.2 Å². The lowest BCUT2D eigenvalue weighted by atomic mass is 10.2. The zero-order chi connectivity index (χ0) is 15.4. The van der Waals surface area contributed by atoms with Gasteiger partial charge in [0.05, 0.1) is 29.5 Å². The molecule has 0 aliphatic heterocycles. The fourth-order valence-electron chi connectivity index (χ4n) is 1.54. The fraction of sp³-hybridized carbons (Fsp3) is 0.0769. The normalized spacial score (nSPS) is 9.81. The number of methoxy groups -OCH3 is 1. The summed E-state index contributed by atoms with van der Waals surface area (Å²) >= 11 is 11.6. The first kappa shape index (κ1) is 15.0. The summed E-state index contributed by atoms with van der Waals surface area (Å²) in [7, 11) is 1.36. The first-order valence-electron chi connectivity index (χ1n) is 5.62. The SMILES string of the molecule is COc1nc(Cl)ncc1C(=O)Nc1cc(C#N)ccc1Cl. The summed E-state index contributed by atoms with van der Waals surface area (Å²) < 4.78 is 4.98. The number of rotatable bonds is 3. The van der Waals surface area contributed by atoms with Crippen LogP contribution in [0.25, 0.3) is 0 Å². The van der Waals surface area contributed by atoms with Gasteiger partial charge in [-0.15, -0.1) is 0 Å². The molecule has 2 aromatic rings. The predicted molar refractivity (Wildman–Crippen MR) is 77.7 cm³/mol. The lowest BCUT2D eigenvalue weighted by Gasteiger charge is -2.09. The van der Waals surface area contributed by atoms with Gasteiger partial charge in [0.1, 0.15) is 5.56 Å². The van der Waals surface area contributed by atoms with Crippen LogP contribution in [0.1, 0.15) is 15.9 Å². The van der Waals surface area contributed by atoms with Crippen molar-refractivity contribution in [1.29, 1.82) is 5.26 Å². The third-order valence-corrected chi connectivity index (χ3v) is 3.02. The quantitative estimate of drug-likeness (QED) is 0.878. The number of amides is 1. The van der Waals surface area contributed by atoms with E-state index in [1.165, 1.54) is 25.4 Å². The van der Waals surface area contributed by atoms with Crippen molar-refractivity contribution in [3.63, 3.8) is 0 Å². The molecule has 1 aromatic carbocycles. The smallest absolute Gasteiger partial charge is 0.262 e. The first-order chi connectivity index (χ1) is 10.0. The molecule has 0 bridgehead atoms. The number of aromatic nitrogens is 2. The van der Waals surface area contributed by atoms with Crippen LogP contribution in [-0.2, 0) is 0 Å². The van der Waals surface area contributed by atoms with Crippen LogP contribution in [0.4, 0.5) is 5.69 Å². The number of ether oxygens (including phenoxy) is 1. The van der Waals surface area contributed by atoms with E-state index >= 15 is 0 Å². The van der Waals surface area contributed by atoms with Crippen molar-refractivity contribution in [2.75, 3.05) is 12.4 Å². The van der Waals surface area contributed by atoms with Crippen LogP contribution in [-0.4, -0.2) is 23.0 Å². The van der Waals surface area contributed by atoms with Crippen molar-refractivity contribution in [2.24, 2.45) is 0 Å². The van der Waals surface area contributed by atoms with E-state index in [9.17, 15) is 4.79 Å². The molecule has 21 heavy (non-hydrogen) atoms. The molecule has 0 unspecified atom stereocenters. The van der Waals surface area contributed by atoms with Crippen LogP contribution in [0, 0.1) is 11.3 Å². The Hall–Kier alpha value is -2.36. The summed E-state index contributed by atoms with van der Waals surface area (Å²) in [5.74, 6) is -0.486. The maximum Gasteiger partial charge on any atom is 0.262 e. The van der Waals surface area contributed by atoms with Crippen LogP contribution in [0.5, 0.6) is 5.88 Å². The Labute approximate surface area is 130 Å². The third kappa shape index (κ3) is 3.40. The van der Waals surface area contributed by atoms with Gasteiger partial charge in [0.15, 0.2) is 0 Å². The maximum absolute atomic E-state index is 12.2. The highest BCUT2D eigenvalue weighted by Gasteiger charge is 2.16. The summed E-state index contributed by atoms with van der Waals surface area (Å²) in [5.41, 5.74) is 0.770. The van der Waals surface area contributed by atoms with Crippen molar-refractivity contribution < 1.29 is 9.53 Å². The van der Waals surface area contributed by atoms with E-state index in [1.807, 2.05) is 6.07 Å². The predicted octanol–water partition coefficient (Wildman–Crippen LogP) is 2.92. The Kier molecular flexibility index (Phi) is 4.58. The number of nitrogens with one attached hydrogen (secondary N) is 1. The van der Waals surface area contributed by atoms with Crippen LogP contribution < -0.4 is 10.1 Å². The molecule has 2 rings (SSSR count). The van der Waals surface area contributed by atoms with Crippen LogP contribution in [0.3, 0.4) is 0 Å². The largest absolute Gasteiger partial charge is 0.480 e. The molecule has 0 atom stereocenters. The van der Waals surface area contributed by atoms with Gasteiger partial charge in [-0.3, -0.25) is 4.79 Å². The first-order valence-corrected chi connectivity index (χ1v) is 6.38. The number of carbonyl (C=O) groups is 1.